The smallest absolute Gasteiger partial charge is 0.0473 e. The van der Waals surface area contributed by atoms with Crippen molar-refractivity contribution in [2.24, 2.45) is 0 Å². The van der Waals surface area contributed by atoms with Gasteiger partial charge < -0.3 is 4.31 Å². The Hall–Kier alpha value is -0.280. The summed E-state index contributed by atoms with van der Waals surface area (Å²) in [6.45, 7) is 0. The molecule has 1 aliphatic rings. The van der Waals surface area contributed by atoms with Crippen LogP contribution in [-0.2, 0) is 0 Å². The maximum atomic E-state index is 4.30. The van der Waals surface area contributed by atoms with Gasteiger partial charge in [-0.25, -0.2) is 0 Å². The maximum absolute atomic E-state index is 4.30. The standard InChI is InChI=1S/C13H19NS2/c15-10-11-16-14(13-8-4-5-9-13)12-6-2-1-3-7-12/h1-3,6-7,13,15H,4-5,8-11H2. The largest absolute Gasteiger partial charge is 0.313 e. The van der Waals surface area contributed by atoms with Gasteiger partial charge in [-0.05, 0) is 36.9 Å². The molecule has 0 amide bonds. The van der Waals surface area contributed by atoms with Gasteiger partial charge in [-0.2, -0.15) is 12.6 Å². The third-order valence-corrected chi connectivity index (χ3v) is 4.69. The van der Waals surface area contributed by atoms with Gasteiger partial charge in [-0.15, -0.1) is 0 Å². The molecule has 0 saturated heterocycles. The SMILES string of the molecule is SCCSN(c1ccccc1)C1CCCC1. The molecule has 0 heterocycles. The number of para-hydroxylation sites is 1. The zero-order valence-corrected chi connectivity index (χ0v) is 11.2. The number of thiol groups is 1. The molecule has 0 aromatic heterocycles. The Balaban J connectivity index is 2.07. The second-order valence-electron chi connectivity index (χ2n) is 4.16. The van der Waals surface area contributed by atoms with Crippen molar-refractivity contribution in [2.45, 2.75) is 31.7 Å². The van der Waals surface area contributed by atoms with Crippen LogP contribution < -0.4 is 4.31 Å². The van der Waals surface area contributed by atoms with E-state index < -0.39 is 0 Å². The van der Waals surface area contributed by atoms with Crippen LogP contribution in [-0.4, -0.2) is 17.5 Å². The van der Waals surface area contributed by atoms with E-state index >= 15 is 0 Å². The van der Waals surface area contributed by atoms with Crippen LogP contribution in [0.15, 0.2) is 30.3 Å². The van der Waals surface area contributed by atoms with E-state index in [-0.39, 0.29) is 0 Å². The van der Waals surface area contributed by atoms with E-state index in [9.17, 15) is 0 Å². The van der Waals surface area contributed by atoms with Gasteiger partial charge in [0.1, 0.15) is 0 Å². The van der Waals surface area contributed by atoms with E-state index in [2.05, 4.69) is 47.3 Å². The van der Waals surface area contributed by atoms with Crippen LogP contribution in [0.1, 0.15) is 25.7 Å². The van der Waals surface area contributed by atoms with Gasteiger partial charge >= 0.3 is 0 Å². The lowest BCUT2D eigenvalue weighted by atomic mass is 10.2. The quantitative estimate of drug-likeness (QED) is 0.624. The van der Waals surface area contributed by atoms with Crippen LogP contribution in [0.3, 0.4) is 0 Å². The number of rotatable bonds is 5. The van der Waals surface area contributed by atoms with Crippen molar-refractivity contribution in [3.8, 4) is 0 Å². The average Bonchev–Trinajstić information content (AvgIpc) is 2.85. The van der Waals surface area contributed by atoms with Crippen molar-refractivity contribution < 1.29 is 0 Å². The van der Waals surface area contributed by atoms with Crippen LogP contribution in [0.2, 0.25) is 0 Å². The first-order chi connectivity index (χ1) is 7.92. The topological polar surface area (TPSA) is 3.24 Å². The highest BCUT2D eigenvalue weighted by molar-refractivity contribution is 8.01. The van der Waals surface area contributed by atoms with Gasteiger partial charge in [0, 0.05) is 23.2 Å². The molecule has 1 nitrogen and oxygen atoms in total. The third-order valence-electron chi connectivity index (χ3n) is 2.99. The Kier molecular flexibility index (Phi) is 4.91. The Labute approximate surface area is 108 Å². The summed E-state index contributed by atoms with van der Waals surface area (Å²) in [6, 6.07) is 11.5. The molecule has 88 valence electrons. The minimum Gasteiger partial charge on any atom is -0.313 e. The molecule has 0 spiro atoms. The summed E-state index contributed by atoms with van der Waals surface area (Å²) in [5.41, 5.74) is 1.35. The van der Waals surface area contributed by atoms with Gasteiger partial charge in [0.05, 0.1) is 0 Å². The minimum atomic E-state index is 0.729. The molecule has 16 heavy (non-hydrogen) atoms. The number of anilines is 1. The van der Waals surface area contributed by atoms with Crippen molar-refractivity contribution in [3.63, 3.8) is 0 Å². The lowest BCUT2D eigenvalue weighted by Gasteiger charge is -2.29. The van der Waals surface area contributed by atoms with Crippen molar-refractivity contribution in [3.05, 3.63) is 30.3 Å². The summed E-state index contributed by atoms with van der Waals surface area (Å²) in [4.78, 5) is 0. The second kappa shape index (κ2) is 6.45. The van der Waals surface area contributed by atoms with Crippen molar-refractivity contribution >= 4 is 30.3 Å². The summed E-state index contributed by atoms with van der Waals surface area (Å²) in [6.07, 6.45) is 5.45. The molecule has 0 unspecified atom stereocenters. The van der Waals surface area contributed by atoms with E-state index in [1.54, 1.807) is 0 Å². The summed E-state index contributed by atoms with van der Waals surface area (Å²) in [7, 11) is 0. The van der Waals surface area contributed by atoms with Crippen molar-refractivity contribution in [2.75, 3.05) is 15.8 Å². The monoisotopic (exact) mass is 253 g/mol. The van der Waals surface area contributed by atoms with Gasteiger partial charge in [0.15, 0.2) is 0 Å². The molecular weight excluding hydrogens is 234 g/mol. The fourth-order valence-corrected chi connectivity index (χ4v) is 3.46. The Morgan fingerprint density at radius 1 is 1.19 bits per heavy atom. The number of hydrogen-bond donors (Lipinski definition) is 1. The van der Waals surface area contributed by atoms with E-state index in [0.717, 1.165) is 17.5 Å². The average molecular weight is 253 g/mol. The normalized spacial score (nSPS) is 16.6. The number of benzene rings is 1. The predicted molar refractivity (Wildman–Crippen MR) is 77.5 cm³/mol. The molecule has 1 aromatic rings. The Morgan fingerprint density at radius 3 is 2.50 bits per heavy atom. The molecule has 2 rings (SSSR count). The first-order valence-corrected chi connectivity index (χ1v) is 7.57. The molecule has 1 aromatic carbocycles. The van der Waals surface area contributed by atoms with E-state index in [0.29, 0.717) is 0 Å². The molecule has 0 N–H and O–H groups in total. The molecule has 0 aliphatic heterocycles. The first kappa shape index (κ1) is 12.2. The minimum absolute atomic E-state index is 0.729. The molecule has 0 bridgehead atoms. The lowest BCUT2D eigenvalue weighted by molar-refractivity contribution is 0.710. The van der Waals surface area contributed by atoms with Crippen molar-refractivity contribution in [1.82, 2.24) is 0 Å². The van der Waals surface area contributed by atoms with E-state index in [1.165, 1.54) is 31.4 Å². The second-order valence-corrected chi connectivity index (χ2v) is 5.66. The highest BCUT2D eigenvalue weighted by Gasteiger charge is 2.23. The molecule has 0 radical (unpaired) electrons. The van der Waals surface area contributed by atoms with Crippen LogP contribution in [0.4, 0.5) is 5.69 Å². The van der Waals surface area contributed by atoms with Crippen LogP contribution in [0, 0.1) is 0 Å². The zero-order valence-electron chi connectivity index (χ0n) is 9.51. The molecule has 1 fully saturated rings. The van der Waals surface area contributed by atoms with Gasteiger partial charge in [0.25, 0.3) is 0 Å². The summed E-state index contributed by atoms with van der Waals surface area (Å²) >= 11 is 6.23. The first-order valence-electron chi connectivity index (χ1n) is 6.00. The number of hydrogen-bond acceptors (Lipinski definition) is 3. The molecule has 1 aliphatic carbocycles. The van der Waals surface area contributed by atoms with Crippen LogP contribution in [0.5, 0.6) is 0 Å². The van der Waals surface area contributed by atoms with Crippen LogP contribution in [0.25, 0.3) is 0 Å². The summed E-state index contributed by atoms with van der Waals surface area (Å²) in [5, 5.41) is 0. The van der Waals surface area contributed by atoms with Gasteiger partial charge in [-0.1, -0.05) is 31.0 Å². The summed E-state index contributed by atoms with van der Waals surface area (Å²) in [5.74, 6) is 2.04. The lowest BCUT2D eigenvalue weighted by Crippen LogP contribution is -2.27. The summed E-state index contributed by atoms with van der Waals surface area (Å²) < 4.78 is 2.50. The predicted octanol–water partition coefficient (Wildman–Crippen LogP) is 4.01. The van der Waals surface area contributed by atoms with Crippen molar-refractivity contribution in [1.29, 1.82) is 0 Å². The van der Waals surface area contributed by atoms with Gasteiger partial charge in [-0.3, -0.25) is 0 Å². The fraction of sp³-hybridized carbons (Fsp3) is 0.538. The number of nitrogens with zero attached hydrogens (tertiary/aromatic N) is 1. The zero-order chi connectivity index (χ0) is 11.2. The van der Waals surface area contributed by atoms with E-state index in [4.69, 9.17) is 0 Å². The Morgan fingerprint density at radius 2 is 1.88 bits per heavy atom. The van der Waals surface area contributed by atoms with Crippen LogP contribution >= 0.6 is 24.6 Å². The highest BCUT2D eigenvalue weighted by Crippen LogP contribution is 2.33. The molecular formula is C13H19NS2. The Bertz CT molecular complexity index is 296. The highest BCUT2D eigenvalue weighted by atomic mass is 32.2. The molecule has 1 saturated carbocycles. The van der Waals surface area contributed by atoms with E-state index in [1.807, 2.05) is 11.9 Å². The molecule has 0 atom stereocenters. The third kappa shape index (κ3) is 3.11. The fourth-order valence-electron chi connectivity index (χ4n) is 2.24. The van der Waals surface area contributed by atoms with Gasteiger partial charge in [0.2, 0.25) is 0 Å². The maximum Gasteiger partial charge on any atom is 0.0473 e. The molecule has 3 heteroatoms.